The summed E-state index contributed by atoms with van der Waals surface area (Å²) < 4.78 is 30.9. The molecule has 0 aromatic carbocycles. The highest BCUT2D eigenvalue weighted by atomic mass is 32.2. The van der Waals surface area contributed by atoms with Gasteiger partial charge in [0.15, 0.2) is 0 Å². The third-order valence-corrected chi connectivity index (χ3v) is 2.66. The number of hydrogen-bond donors (Lipinski definition) is 0. The molecule has 6 heteroatoms. The van der Waals surface area contributed by atoms with Crippen LogP contribution in [0.15, 0.2) is 0 Å². The minimum absolute atomic E-state index is 0.110. The minimum Gasteiger partial charge on any atom is -0.465 e. The molecule has 0 atom stereocenters. The summed E-state index contributed by atoms with van der Waals surface area (Å²) in [5.74, 6) is -0.351. The summed E-state index contributed by atoms with van der Waals surface area (Å²) in [5.41, 5.74) is -0.255. The molecule has 0 aliphatic heterocycles. The van der Waals surface area contributed by atoms with Gasteiger partial charge in [-0.25, -0.2) is 0 Å². The van der Waals surface area contributed by atoms with Crippen LogP contribution in [-0.4, -0.2) is 33.9 Å². The van der Waals surface area contributed by atoms with Crippen LogP contribution < -0.4 is 0 Å². The van der Waals surface area contributed by atoms with Crippen LogP contribution in [0.2, 0.25) is 0 Å². The minimum atomic E-state index is -3.40. The van der Waals surface area contributed by atoms with Gasteiger partial charge in [0.05, 0.1) is 19.5 Å². The second-order valence-electron chi connectivity index (χ2n) is 3.75. The van der Waals surface area contributed by atoms with Gasteiger partial charge in [-0.1, -0.05) is 0 Å². The van der Waals surface area contributed by atoms with Gasteiger partial charge in [-0.3, -0.25) is 8.98 Å². The van der Waals surface area contributed by atoms with E-state index in [2.05, 4.69) is 4.18 Å². The van der Waals surface area contributed by atoms with E-state index in [0.717, 1.165) is 19.1 Å². The number of rotatable bonds is 5. The highest BCUT2D eigenvalue weighted by Gasteiger charge is 2.45. The van der Waals surface area contributed by atoms with Crippen LogP contribution in [-0.2, 0) is 23.8 Å². The first-order valence-electron chi connectivity index (χ1n) is 4.31. The maximum Gasteiger partial charge on any atom is 0.302 e. The fourth-order valence-corrected chi connectivity index (χ4v) is 1.46. The van der Waals surface area contributed by atoms with Crippen molar-refractivity contribution >= 4 is 16.1 Å². The van der Waals surface area contributed by atoms with Gasteiger partial charge in [0.1, 0.15) is 0 Å². The smallest absolute Gasteiger partial charge is 0.302 e. The first-order chi connectivity index (χ1) is 6.33. The molecule has 0 radical (unpaired) electrons. The fraction of sp³-hybridized carbons (Fsp3) is 0.875. The Hall–Kier alpha value is -0.620. The van der Waals surface area contributed by atoms with Crippen molar-refractivity contribution in [1.29, 1.82) is 0 Å². The lowest BCUT2D eigenvalue weighted by atomic mass is 10.1. The lowest BCUT2D eigenvalue weighted by molar-refractivity contribution is -0.143. The molecule has 0 N–H and O–H groups in total. The van der Waals surface area contributed by atoms with Crippen molar-refractivity contribution in [3.63, 3.8) is 0 Å². The predicted octanol–water partition coefficient (Wildman–Crippen LogP) is 0.306. The Balaban J connectivity index is 2.33. The molecule has 0 aromatic heterocycles. The molecule has 0 amide bonds. The van der Waals surface area contributed by atoms with E-state index in [1.165, 1.54) is 6.92 Å². The van der Waals surface area contributed by atoms with Gasteiger partial charge in [0.25, 0.3) is 10.1 Å². The molecule has 0 heterocycles. The van der Waals surface area contributed by atoms with Crippen molar-refractivity contribution in [3.05, 3.63) is 0 Å². The van der Waals surface area contributed by atoms with Crippen molar-refractivity contribution in [2.45, 2.75) is 19.8 Å². The largest absolute Gasteiger partial charge is 0.465 e. The van der Waals surface area contributed by atoms with Crippen LogP contribution in [0.3, 0.4) is 0 Å². The Kier molecular flexibility index (Phi) is 3.16. The third-order valence-electron chi connectivity index (χ3n) is 2.12. The molecular weight excluding hydrogens is 208 g/mol. The van der Waals surface area contributed by atoms with Gasteiger partial charge in [-0.2, -0.15) is 8.42 Å². The number of esters is 1. The van der Waals surface area contributed by atoms with Gasteiger partial charge in [-0.05, 0) is 12.8 Å². The molecule has 0 unspecified atom stereocenters. The molecule has 1 fully saturated rings. The van der Waals surface area contributed by atoms with Crippen molar-refractivity contribution in [2.75, 3.05) is 19.5 Å². The molecule has 0 saturated heterocycles. The maximum absolute atomic E-state index is 10.7. The molecule has 0 spiro atoms. The van der Waals surface area contributed by atoms with Gasteiger partial charge >= 0.3 is 5.97 Å². The second-order valence-corrected chi connectivity index (χ2v) is 5.39. The Labute approximate surface area is 83.5 Å². The van der Waals surface area contributed by atoms with Crippen LogP contribution in [0.5, 0.6) is 0 Å². The number of carbonyl (C=O) groups is 1. The quantitative estimate of drug-likeness (QED) is 0.494. The molecule has 0 bridgehead atoms. The van der Waals surface area contributed by atoms with Crippen LogP contribution >= 0.6 is 0 Å². The van der Waals surface area contributed by atoms with Crippen LogP contribution in [0.4, 0.5) is 0 Å². The fourth-order valence-electron chi connectivity index (χ4n) is 0.994. The van der Waals surface area contributed by atoms with E-state index in [-0.39, 0.29) is 24.6 Å². The molecule has 82 valence electrons. The first-order valence-corrected chi connectivity index (χ1v) is 6.12. The summed E-state index contributed by atoms with van der Waals surface area (Å²) in [4.78, 5) is 10.5. The van der Waals surface area contributed by atoms with E-state index in [4.69, 9.17) is 4.74 Å². The van der Waals surface area contributed by atoms with Crippen LogP contribution in [0, 0.1) is 5.41 Å². The van der Waals surface area contributed by atoms with Crippen molar-refractivity contribution in [2.24, 2.45) is 5.41 Å². The van der Waals surface area contributed by atoms with Crippen LogP contribution in [0.25, 0.3) is 0 Å². The average Bonchev–Trinajstić information content (AvgIpc) is 2.77. The standard InChI is InChI=1S/C8H14O5S/c1-7(9)12-5-8(3-4-8)6-13-14(2,10)11/h3-6H2,1-2H3. The van der Waals surface area contributed by atoms with E-state index in [9.17, 15) is 13.2 Å². The van der Waals surface area contributed by atoms with Crippen LogP contribution in [0.1, 0.15) is 19.8 Å². The molecule has 0 aromatic rings. The SMILES string of the molecule is CC(=O)OCC1(COS(C)(=O)=O)CC1. The first kappa shape index (κ1) is 11.5. The van der Waals surface area contributed by atoms with Gasteiger partial charge in [0.2, 0.25) is 0 Å². The lowest BCUT2D eigenvalue weighted by Crippen LogP contribution is -2.21. The van der Waals surface area contributed by atoms with E-state index in [0.29, 0.717) is 0 Å². The van der Waals surface area contributed by atoms with Gasteiger partial charge in [0, 0.05) is 12.3 Å². The molecule has 1 aliphatic rings. The molecule has 1 aliphatic carbocycles. The Morgan fingerprint density at radius 3 is 2.29 bits per heavy atom. The van der Waals surface area contributed by atoms with E-state index in [1.807, 2.05) is 0 Å². The van der Waals surface area contributed by atoms with E-state index >= 15 is 0 Å². The average molecular weight is 222 g/mol. The highest BCUT2D eigenvalue weighted by molar-refractivity contribution is 7.85. The molecule has 1 rings (SSSR count). The number of carbonyl (C=O) groups excluding carboxylic acids is 1. The molecule has 1 saturated carbocycles. The Bertz CT molecular complexity index is 315. The normalized spacial score (nSPS) is 19.0. The van der Waals surface area contributed by atoms with Gasteiger partial charge in [-0.15, -0.1) is 0 Å². The van der Waals surface area contributed by atoms with Gasteiger partial charge < -0.3 is 4.74 Å². The van der Waals surface area contributed by atoms with E-state index < -0.39 is 10.1 Å². The molecular formula is C8H14O5S. The second kappa shape index (κ2) is 3.86. The zero-order valence-electron chi connectivity index (χ0n) is 8.28. The molecule has 14 heavy (non-hydrogen) atoms. The predicted molar refractivity (Wildman–Crippen MR) is 49.1 cm³/mol. The summed E-state index contributed by atoms with van der Waals surface area (Å²) in [7, 11) is -3.40. The zero-order valence-corrected chi connectivity index (χ0v) is 9.09. The Morgan fingerprint density at radius 2 is 1.93 bits per heavy atom. The summed E-state index contributed by atoms with van der Waals surface area (Å²) in [6, 6.07) is 0. The number of ether oxygens (including phenoxy) is 1. The lowest BCUT2D eigenvalue weighted by Gasteiger charge is -2.13. The highest BCUT2D eigenvalue weighted by Crippen LogP contribution is 2.46. The van der Waals surface area contributed by atoms with E-state index in [1.54, 1.807) is 0 Å². The molecule has 5 nitrogen and oxygen atoms in total. The summed E-state index contributed by atoms with van der Waals surface area (Å²) in [6.07, 6.45) is 2.69. The third kappa shape index (κ3) is 4.06. The summed E-state index contributed by atoms with van der Waals surface area (Å²) in [5, 5.41) is 0. The van der Waals surface area contributed by atoms with Crippen molar-refractivity contribution in [1.82, 2.24) is 0 Å². The zero-order chi connectivity index (χ0) is 10.8. The Morgan fingerprint density at radius 1 is 1.36 bits per heavy atom. The monoisotopic (exact) mass is 222 g/mol. The summed E-state index contributed by atoms with van der Waals surface area (Å²) >= 11 is 0. The summed E-state index contributed by atoms with van der Waals surface area (Å²) in [6.45, 7) is 1.68. The maximum atomic E-state index is 10.7. The van der Waals surface area contributed by atoms with Crippen molar-refractivity contribution < 1.29 is 22.1 Å². The number of hydrogen-bond acceptors (Lipinski definition) is 5. The van der Waals surface area contributed by atoms with Crippen molar-refractivity contribution in [3.8, 4) is 0 Å². The topological polar surface area (TPSA) is 69.7 Å².